The number of aliphatic hydroxyl groups excluding tert-OH is 1. The fourth-order valence-corrected chi connectivity index (χ4v) is 3.02. The van der Waals surface area contributed by atoms with E-state index in [2.05, 4.69) is 0 Å². The van der Waals surface area contributed by atoms with E-state index >= 15 is 0 Å². The van der Waals surface area contributed by atoms with E-state index in [1.165, 1.54) is 0 Å². The van der Waals surface area contributed by atoms with Crippen LogP contribution in [-0.4, -0.2) is 22.3 Å². The number of rotatable bonds is 3. The van der Waals surface area contributed by atoms with Gasteiger partial charge in [-0.3, -0.25) is 4.79 Å². The largest absolute Gasteiger partial charge is 0.481 e. The Labute approximate surface area is 101 Å². The molecule has 1 aliphatic carbocycles. The number of benzene rings is 1. The fourth-order valence-electron chi connectivity index (χ4n) is 3.02. The van der Waals surface area contributed by atoms with Crippen LogP contribution in [0.4, 0.5) is 0 Å². The Hall–Kier alpha value is -1.35. The van der Waals surface area contributed by atoms with E-state index in [9.17, 15) is 9.90 Å². The third-order valence-corrected chi connectivity index (χ3v) is 4.02. The summed E-state index contributed by atoms with van der Waals surface area (Å²) in [7, 11) is 0. The Bertz CT molecular complexity index is 401. The fraction of sp³-hybridized carbons (Fsp3) is 0.500. The summed E-state index contributed by atoms with van der Waals surface area (Å²) < 4.78 is 0. The molecule has 0 heterocycles. The average Bonchev–Trinajstić information content (AvgIpc) is 2.56. The first-order valence-corrected chi connectivity index (χ1v) is 5.99. The SMILES string of the molecule is CC1(CC(=O)O)C(O)CCC1c1ccccc1. The predicted molar refractivity (Wildman–Crippen MR) is 64.8 cm³/mol. The number of aliphatic hydroxyl groups is 1. The quantitative estimate of drug-likeness (QED) is 0.844. The van der Waals surface area contributed by atoms with Gasteiger partial charge in [-0.2, -0.15) is 0 Å². The highest BCUT2D eigenvalue weighted by Gasteiger charge is 2.47. The van der Waals surface area contributed by atoms with Crippen LogP contribution in [0, 0.1) is 5.41 Å². The van der Waals surface area contributed by atoms with Crippen LogP contribution in [-0.2, 0) is 4.79 Å². The summed E-state index contributed by atoms with van der Waals surface area (Å²) >= 11 is 0. The summed E-state index contributed by atoms with van der Waals surface area (Å²) in [6, 6.07) is 9.90. The molecule has 1 aromatic rings. The molecule has 0 bridgehead atoms. The molecule has 0 radical (unpaired) electrons. The molecule has 2 rings (SSSR count). The van der Waals surface area contributed by atoms with Crippen molar-refractivity contribution in [3.63, 3.8) is 0 Å². The second-order valence-electron chi connectivity index (χ2n) is 5.13. The summed E-state index contributed by atoms with van der Waals surface area (Å²) in [6.45, 7) is 1.89. The van der Waals surface area contributed by atoms with Gasteiger partial charge in [0.05, 0.1) is 12.5 Å². The van der Waals surface area contributed by atoms with Crippen molar-refractivity contribution in [1.29, 1.82) is 0 Å². The normalized spacial score (nSPS) is 32.6. The topological polar surface area (TPSA) is 57.5 Å². The van der Waals surface area contributed by atoms with Crippen LogP contribution in [0.1, 0.15) is 37.7 Å². The van der Waals surface area contributed by atoms with E-state index in [-0.39, 0.29) is 12.3 Å². The maximum atomic E-state index is 11.0. The van der Waals surface area contributed by atoms with Gasteiger partial charge in [0.2, 0.25) is 0 Å². The molecule has 3 unspecified atom stereocenters. The minimum absolute atomic E-state index is 0.0216. The van der Waals surface area contributed by atoms with E-state index in [4.69, 9.17) is 5.11 Å². The molecule has 0 saturated heterocycles. The molecule has 92 valence electrons. The van der Waals surface area contributed by atoms with Crippen LogP contribution in [0.5, 0.6) is 0 Å². The summed E-state index contributed by atoms with van der Waals surface area (Å²) in [5, 5.41) is 19.1. The van der Waals surface area contributed by atoms with Gasteiger partial charge in [0, 0.05) is 5.41 Å². The number of hydrogen-bond donors (Lipinski definition) is 2. The minimum atomic E-state index is -0.839. The molecular formula is C14H18O3. The maximum absolute atomic E-state index is 11.0. The molecule has 2 N–H and O–H groups in total. The number of carboxylic acids is 1. The summed E-state index contributed by atoms with van der Waals surface area (Å²) in [5.41, 5.74) is 0.584. The zero-order valence-electron chi connectivity index (χ0n) is 9.97. The lowest BCUT2D eigenvalue weighted by atomic mass is 9.72. The van der Waals surface area contributed by atoms with Crippen molar-refractivity contribution in [2.24, 2.45) is 5.41 Å². The standard InChI is InChI=1S/C14H18O3/c1-14(9-13(16)17)11(7-8-12(14)15)10-5-3-2-4-6-10/h2-6,11-12,15H,7-9H2,1H3,(H,16,17). The molecule has 0 aliphatic heterocycles. The Balaban J connectivity index is 2.31. The maximum Gasteiger partial charge on any atom is 0.304 e. The molecule has 1 fully saturated rings. The highest BCUT2D eigenvalue weighted by Crippen LogP contribution is 2.51. The third-order valence-electron chi connectivity index (χ3n) is 4.02. The molecule has 0 amide bonds. The van der Waals surface area contributed by atoms with Gasteiger partial charge in [0.15, 0.2) is 0 Å². The van der Waals surface area contributed by atoms with Crippen LogP contribution in [0.2, 0.25) is 0 Å². The molecule has 3 heteroatoms. The molecule has 1 aromatic carbocycles. The van der Waals surface area contributed by atoms with Gasteiger partial charge >= 0.3 is 5.97 Å². The van der Waals surface area contributed by atoms with E-state index in [1.807, 2.05) is 37.3 Å². The monoisotopic (exact) mass is 234 g/mol. The Morgan fingerprint density at radius 1 is 1.35 bits per heavy atom. The Morgan fingerprint density at radius 3 is 2.59 bits per heavy atom. The lowest BCUT2D eigenvalue weighted by Crippen LogP contribution is -2.33. The predicted octanol–water partition coefficient (Wildman–Crippen LogP) is 2.41. The van der Waals surface area contributed by atoms with Crippen molar-refractivity contribution in [3.05, 3.63) is 35.9 Å². The molecule has 3 atom stereocenters. The first-order chi connectivity index (χ1) is 8.04. The van der Waals surface area contributed by atoms with Gasteiger partial charge in [0.25, 0.3) is 0 Å². The highest BCUT2D eigenvalue weighted by atomic mass is 16.4. The van der Waals surface area contributed by atoms with Gasteiger partial charge in [0.1, 0.15) is 0 Å². The molecule has 17 heavy (non-hydrogen) atoms. The molecule has 0 spiro atoms. The number of hydrogen-bond acceptors (Lipinski definition) is 2. The van der Waals surface area contributed by atoms with E-state index in [1.54, 1.807) is 0 Å². The smallest absolute Gasteiger partial charge is 0.304 e. The van der Waals surface area contributed by atoms with Crippen molar-refractivity contribution in [2.45, 2.75) is 38.2 Å². The van der Waals surface area contributed by atoms with Crippen molar-refractivity contribution in [2.75, 3.05) is 0 Å². The first-order valence-electron chi connectivity index (χ1n) is 5.99. The van der Waals surface area contributed by atoms with Gasteiger partial charge in [-0.1, -0.05) is 37.3 Å². The summed E-state index contributed by atoms with van der Waals surface area (Å²) in [4.78, 5) is 11.0. The van der Waals surface area contributed by atoms with E-state index in [0.29, 0.717) is 6.42 Å². The van der Waals surface area contributed by atoms with Crippen LogP contribution in [0.3, 0.4) is 0 Å². The summed E-state index contributed by atoms with van der Waals surface area (Å²) in [5.74, 6) is -0.704. The van der Waals surface area contributed by atoms with Gasteiger partial charge in [-0.25, -0.2) is 0 Å². The van der Waals surface area contributed by atoms with Crippen molar-refractivity contribution < 1.29 is 15.0 Å². The van der Waals surface area contributed by atoms with Crippen LogP contribution >= 0.6 is 0 Å². The molecule has 3 nitrogen and oxygen atoms in total. The second kappa shape index (κ2) is 4.49. The zero-order valence-corrected chi connectivity index (χ0v) is 9.97. The lowest BCUT2D eigenvalue weighted by molar-refractivity contribution is -0.141. The first kappa shape index (κ1) is 12.1. The number of carbonyl (C=O) groups is 1. The van der Waals surface area contributed by atoms with E-state index < -0.39 is 17.5 Å². The third kappa shape index (κ3) is 2.20. The Morgan fingerprint density at radius 2 is 2.00 bits per heavy atom. The van der Waals surface area contributed by atoms with Crippen LogP contribution in [0.15, 0.2) is 30.3 Å². The lowest BCUT2D eigenvalue weighted by Gasteiger charge is -2.33. The number of carboxylic acid groups (broad SMARTS) is 1. The van der Waals surface area contributed by atoms with Crippen molar-refractivity contribution in [3.8, 4) is 0 Å². The minimum Gasteiger partial charge on any atom is -0.481 e. The molecule has 0 aromatic heterocycles. The van der Waals surface area contributed by atoms with Crippen LogP contribution in [0.25, 0.3) is 0 Å². The van der Waals surface area contributed by atoms with E-state index in [0.717, 1.165) is 12.0 Å². The zero-order chi connectivity index (χ0) is 12.5. The average molecular weight is 234 g/mol. The second-order valence-corrected chi connectivity index (χ2v) is 5.13. The van der Waals surface area contributed by atoms with Gasteiger partial charge in [-0.15, -0.1) is 0 Å². The molecule has 1 aliphatic rings. The number of aliphatic carboxylic acids is 1. The molecular weight excluding hydrogens is 216 g/mol. The van der Waals surface area contributed by atoms with Crippen molar-refractivity contribution in [1.82, 2.24) is 0 Å². The highest BCUT2D eigenvalue weighted by molar-refractivity contribution is 5.68. The van der Waals surface area contributed by atoms with Gasteiger partial charge < -0.3 is 10.2 Å². The van der Waals surface area contributed by atoms with Gasteiger partial charge in [-0.05, 0) is 24.3 Å². The molecule has 1 saturated carbocycles. The Kier molecular flexibility index (Phi) is 3.20. The van der Waals surface area contributed by atoms with Crippen molar-refractivity contribution >= 4 is 5.97 Å². The summed E-state index contributed by atoms with van der Waals surface area (Å²) in [6.07, 6.45) is 1.04. The van der Waals surface area contributed by atoms with Crippen LogP contribution < -0.4 is 0 Å².